The topological polar surface area (TPSA) is 103 Å². The normalized spacial score (nSPS) is 11.0. The van der Waals surface area contributed by atoms with Crippen LogP contribution in [0.4, 0.5) is 0 Å². The van der Waals surface area contributed by atoms with Gasteiger partial charge in [0.15, 0.2) is 5.82 Å². The van der Waals surface area contributed by atoms with Crippen molar-refractivity contribution < 1.29 is 0 Å². The fraction of sp³-hybridized carbons (Fsp3) is 0. The zero-order chi connectivity index (χ0) is 40.1. The Hall–Kier alpha value is -8.36. The van der Waals surface area contributed by atoms with E-state index in [1.54, 1.807) is 18.6 Å². The van der Waals surface area contributed by atoms with Crippen LogP contribution in [0, 0.1) is 0 Å². The fourth-order valence-corrected chi connectivity index (χ4v) is 7.12. The smallest absolute Gasteiger partial charge is 0.160 e. The molecule has 8 heteroatoms. The first kappa shape index (κ1) is 36.0. The second kappa shape index (κ2) is 16.2. The van der Waals surface area contributed by atoms with E-state index in [0.29, 0.717) is 5.82 Å². The van der Waals surface area contributed by atoms with Gasteiger partial charge >= 0.3 is 0 Å². The third-order valence-corrected chi connectivity index (χ3v) is 10.1. The molecule has 8 nitrogen and oxygen atoms in total. The van der Waals surface area contributed by atoms with E-state index in [-0.39, 0.29) is 0 Å². The van der Waals surface area contributed by atoms with Gasteiger partial charge in [-0.1, -0.05) is 91.0 Å². The van der Waals surface area contributed by atoms with Crippen molar-refractivity contribution >= 4 is 0 Å². The van der Waals surface area contributed by atoms with Crippen LogP contribution in [-0.2, 0) is 0 Å². The van der Waals surface area contributed by atoms with Crippen molar-refractivity contribution in [3.63, 3.8) is 0 Å². The van der Waals surface area contributed by atoms with Gasteiger partial charge in [0.25, 0.3) is 0 Å². The van der Waals surface area contributed by atoms with E-state index in [2.05, 4.69) is 69.5 Å². The molecule has 0 N–H and O–H groups in total. The van der Waals surface area contributed by atoms with Crippen molar-refractivity contribution in [2.75, 3.05) is 0 Å². The van der Waals surface area contributed by atoms with Crippen LogP contribution in [0.25, 0.3) is 102 Å². The molecule has 0 radical (unpaired) electrons. The summed E-state index contributed by atoms with van der Waals surface area (Å²) in [6.45, 7) is 0. The average Bonchev–Trinajstić information content (AvgIpc) is 3.35. The predicted molar refractivity (Wildman–Crippen MR) is 238 cm³/mol. The molecule has 60 heavy (non-hydrogen) atoms. The van der Waals surface area contributed by atoms with E-state index in [1.165, 1.54) is 0 Å². The second-order valence-electron chi connectivity index (χ2n) is 14.1. The zero-order valence-corrected chi connectivity index (χ0v) is 32.2. The SMILES string of the molecule is c1ccc(-c2cccc(-c3cccc(-c4cc(-c5cccc(-c6cccc(-c7ccccn7)n6)c5)nc(-c5cccc(-c6cccc(-c7ccccn7)n6)c5)n4)c3)n2)nc1. The summed E-state index contributed by atoms with van der Waals surface area (Å²) in [6, 6.07) is 62.5. The van der Waals surface area contributed by atoms with E-state index in [0.717, 1.165) is 96.0 Å². The van der Waals surface area contributed by atoms with Crippen LogP contribution in [0.2, 0.25) is 0 Å². The molecule has 10 aromatic rings. The molecule has 7 aromatic heterocycles. The Kier molecular flexibility index (Phi) is 9.75. The fourth-order valence-electron chi connectivity index (χ4n) is 7.12. The van der Waals surface area contributed by atoms with Gasteiger partial charge in [-0.05, 0) is 97.1 Å². The van der Waals surface area contributed by atoms with Crippen molar-refractivity contribution in [1.29, 1.82) is 0 Å². The van der Waals surface area contributed by atoms with Crippen molar-refractivity contribution in [3.8, 4) is 102 Å². The monoisotopic (exact) mass is 770 g/mol. The highest BCUT2D eigenvalue weighted by Crippen LogP contribution is 2.33. The van der Waals surface area contributed by atoms with Crippen LogP contribution >= 0.6 is 0 Å². The molecule has 0 aliphatic rings. The average molecular weight is 771 g/mol. The van der Waals surface area contributed by atoms with Crippen molar-refractivity contribution in [1.82, 2.24) is 39.9 Å². The molecule has 7 heterocycles. The Morgan fingerprint density at radius 1 is 0.200 bits per heavy atom. The lowest BCUT2D eigenvalue weighted by molar-refractivity contribution is 1.18. The number of rotatable bonds is 9. The van der Waals surface area contributed by atoms with Gasteiger partial charge in [0, 0.05) is 52.0 Å². The highest BCUT2D eigenvalue weighted by atomic mass is 14.9. The number of pyridine rings is 6. The summed E-state index contributed by atoms with van der Waals surface area (Å²) in [5, 5.41) is 0. The molecule has 0 amide bonds. The Morgan fingerprint density at radius 2 is 0.500 bits per heavy atom. The summed E-state index contributed by atoms with van der Waals surface area (Å²) in [5.74, 6) is 0.589. The van der Waals surface area contributed by atoms with Gasteiger partial charge in [0.1, 0.15) is 0 Å². The lowest BCUT2D eigenvalue weighted by Gasteiger charge is -2.12. The number of aromatic nitrogens is 8. The highest BCUT2D eigenvalue weighted by molar-refractivity contribution is 5.79. The Labute approximate surface area is 347 Å². The maximum absolute atomic E-state index is 5.23. The summed E-state index contributed by atoms with van der Waals surface area (Å²) >= 11 is 0. The Morgan fingerprint density at radius 3 is 0.867 bits per heavy atom. The van der Waals surface area contributed by atoms with Crippen molar-refractivity contribution in [3.05, 3.63) is 207 Å². The molecule has 0 atom stereocenters. The first-order valence-electron chi connectivity index (χ1n) is 19.6. The molecule has 282 valence electrons. The molecular weight excluding hydrogens is 737 g/mol. The van der Waals surface area contributed by atoms with E-state index in [9.17, 15) is 0 Å². The standard InChI is InChI=1S/C52H34N8/c1-4-28-53-44(19-1)47-25-10-22-41(56-47)35-13-7-16-38(31-35)50-34-51(39-17-8-14-36(32-39)42-23-11-26-48(57-42)45-20-2-5-29-54-45)60-52(59-50)40-18-9-15-37(33-40)43-24-12-27-49(58-43)46-21-3-6-30-55-46/h1-34H. The predicted octanol–water partition coefficient (Wildman–Crippen LogP) is 11.8. The summed E-state index contributed by atoms with van der Waals surface area (Å²) in [5.41, 5.74) is 14.6. The molecule has 10 rings (SSSR count). The molecule has 0 saturated carbocycles. The van der Waals surface area contributed by atoms with Gasteiger partial charge < -0.3 is 0 Å². The van der Waals surface area contributed by atoms with E-state index in [4.69, 9.17) is 24.9 Å². The molecule has 0 aliphatic heterocycles. The quantitative estimate of drug-likeness (QED) is 0.143. The van der Waals surface area contributed by atoms with Crippen LogP contribution in [-0.4, -0.2) is 39.9 Å². The number of benzene rings is 3. The zero-order valence-electron chi connectivity index (χ0n) is 32.2. The van der Waals surface area contributed by atoms with Crippen molar-refractivity contribution in [2.24, 2.45) is 0 Å². The van der Waals surface area contributed by atoms with Gasteiger partial charge in [0.2, 0.25) is 0 Å². The number of hydrogen-bond donors (Lipinski definition) is 0. The summed E-state index contributed by atoms with van der Waals surface area (Å²) < 4.78 is 0. The molecule has 0 fully saturated rings. The first-order valence-corrected chi connectivity index (χ1v) is 19.6. The largest absolute Gasteiger partial charge is 0.255 e. The second-order valence-corrected chi connectivity index (χ2v) is 14.1. The number of nitrogens with zero attached hydrogens (tertiary/aromatic N) is 8. The third-order valence-electron chi connectivity index (χ3n) is 10.1. The molecule has 0 spiro atoms. The highest BCUT2D eigenvalue weighted by Gasteiger charge is 2.15. The van der Waals surface area contributed by atoms with Gasteiger partial charge in [0.05, 0.1) is 62.6 Å². The molecule has 0 aliphatic carbocycles. The van der Waals surface area contributed by atoms with E-state index in [1.807, 2.05) is 133 Å². The van der Waals surface area contributed by atoms with E-state index < -0.39 is 0 Å². The Bertz CT molecular complexity index is 2750. The minimum Gasteiger partial charge on any atom is -0.255 e. The van der Waals surface area contributed by atoms with Gasteiger partial charge in [-0.15, -0.1) is 0 Å². The molecule has 3 aromatic carbocycles. The minimum atomic E-state index is 0.589. The molecule has 0 bridgehead atoms. The molecule has 0 saturated heterocycles. The van der Waals surface area contributed by atoms with Crippen molar-refractivity contribution in [2.45, 2.75) is 0 Å². The van der Waals surface area contributed by atoms with Crippen LogP contribution in [0.3, 0.4) is 0 Å². The Balaban J connectivity index is 1.07. The lowest BCUT2D eigenvalue weighted by atomic mass is 10.0. The van der Waals surface area contributed by atoms with Crippen LogP contribution in [0.1, 0.15) is 0 Å². The van der Waals surface area contributed by atoms with Gasteiger partial charge in [-0.25, -0.2) is 24.9 Å². The number of hydrogen-bond acceptors (Lipinski definition) is 8. The van der Waals surface area contributed by atoms with Crippen LogP contribution in [0.5, 0.6) is 0 Å². The maximum atomic E-state index is 5.23. The minimum absolute atomic E-state index is 0.589. The lowest BCUT2D eigenvalue weighted by Crippen LogP contribution is -1.97. The summed E-state index contributed by atoms with van der Waals surface area (Å²) in [6.07, 6.45) is 5.35. The third kappa shape index (κ3) is 7.68. The van der Waals surface area contributed by atoms with Crippen LogP contribution in [0.15, 0.2) is 207 Å². The maximum Gasteiger partial charge on any atom is 0.160 e. The first-order chi connectivity index (χ1) is 29.7. The molecule has 0 unspecified atom stereocenters. The van der Waals surface area contributed by atoms with E-state index >= 15 is 0 Å². The van der Waals surface area contributed by atoms with Crippen LogP contribution < -0.4 is 0 Å². The molecular formula is C52H34N8. The summed E-state index contributed by atoms with van der Waals surface area (Å²) in [7, 11) is 0. The summed E-state index contributed by atoms with van der Waals surface area (Å²) in [4.78, 5) is 39.0. The van der Waals surface area contributed by atoms with Gasteiger partial charge in [-0.2, -0.15) is 0 Å². The van der Waals surface area contributed by atoms with Gasteiger partial charge in [-0.3, -0.25) is 15.0 Å².